The maximum absolute atomic E-state index is 12.8. The van der Waals surface area contributed by atoms with Gasteiger partial charge in [0.25, 0.3) is 10.0 Å². The van der Waals surface area contributed by atoms with Crippen molar-refractivity contribution in [1.82, 2.24) is 14.6 Å². The van der Waals surface area contributed by atoms with E-state index in [1.807, 2.05) is 31.1 Å². The molecule has 1 saturated heterocycles. The van der Waals surface area contributed by atoms with Crippen LogP contribution in [-0.2, 0) is 26.1 Å². The molecular weight excluding hydrogens is 436 g/mol. The number of esters is 1. The highest BCUT2D eigenvalue weighted by Crippen LogP contribution is 2.25. The monoisotopic (exact) mass is 464 g/mol. The van der Waals surface area contributed by atoms with Crippen molar-refractivity contribution in [2.75, 3.05) is 38.7 Å². The smallest absolute Gasteiger partial charge is 0.374 e. The van der Waals surface area contributed by atoms with Crippen LogP contribution in [0.5, 0.6) is 0 Å². The summed E-state index contributed by atoms with van der Waals surface area (Å²) in [6, 6.07) is 6.32. The number of pyridine rings is 1. The van der Waals surface area contributed by atoms with Crippen LogP contribution in [0.25, 0.3) is 0 Å². The van der Waals surface area contributed by atoms with E-state index in [0.29, 0.717) is 19.4 Å². The molecule has 0 saturated carbocycles. The molecule has 0 aliphatic carbocycles. The molecule has 0 atom stereocenters. The van der Waals surface area contributed by atoms with Crippen molar-refractivity contribution >= 4 is 27.7 Å². The molecule has 32 heavy (non-hydrogen) atoms. The van der Waals surface area contributed by atoms with Gasteiger partial charge in [-0.2, -0.15) is 4.31 Å². The van der Waals surface area contributed by atoms with Crippen LogP contribution < -0.4 is 10.2 Å². The number of carbonyl (C=O) groups excluding carboxylic acids is 2. The van der Waals surface area contributed by atoms with Crippen LogP contribution in [-0.4, -0.2) is 63.4 Å². The molecule has 0 aromatic carbocycles. The summed E-state index contributed by atoms with van der Waals surface area (Å²) in [4.78, 5) is 30.5. The van der Waals surface area contributed by atoms with Crippen LogP contribution in [0.2, 0.25) is 0 Å². The lowest BCUT2D eigenvalue weighted by Crippen LogP contribution is -2.42. The average molecular weight is 465 g/mol. The fourth-order valence-electron chi connectivity index (χ4n) is 3.38. The lowest BCUT2D eigenvalue weighted by atomic mass is 9.97. The zero-order chi connectivity index (χ0) is 23.3. The Balaban J connectivity index is 1.52. The third-order valence-corrected chi connectivity index (χ3v) is 6.98. The van der Waals surface area contributed by atoms with Crippen LogP contribution in [0.4, 0.5) is 5.82 Å². The molecule has 11 heteroatoms. The van der Waals surface area contributed by atoms with Gasteiger partial charge in [0.15, 0.2) is 0 Å². The molecule has 0 bridgehead atoms. The van der Waals surface area contributed by atoms with E-state index in [-0.39, 0.29) is 42.4 Å². The van der Waals surface area contributed by atoms with Crippen molar-refractivity contribution in [3.63, 3.8) is 0 Å². The maximum Gasteiger partial charge on any atom is 0.374 e. The summed E-state index contributed by atoms with van der Waals surface area (Å²) in [5.41, 5.74) is 0.888. The second-order valence-corrected chi connectivity index (χ2v) is 9.52. The third kappa shape index (κ3) is 5.46. The number of carbonyl (C=O) groups is 2. The van der Waals surface area contributed by atoms with Crippen molar-refractivity contribution in [2.24, 2.45) is 5.92 Å². The first-order valence-corrected chi connectivity index (χ1v) is 11.8. The Hall–Kier alpha value is -2.92. The highest BCUT2D eigenvalue weighted by Gasteiger charge is 2.34. The summed E-state index contributed by atoms with van der Waals surface area (Å²) in [6.07, 6.45) is 2.52. The van der Waals surface area contributed by atoms with Gasteiger partial charge in [0.1, 0.15) is 5.82 Å². The van der Waals surface area contributed by atoms with Gasteiger partial charge < -0.3 is 19.4 Å². The van der Waals surface area contributed by atoms with E-state index in [9.17, 15) is 18.0 Å². The van der Waals surface area contributed by atoms with E-state index in [0.717, 1.165) is 11.4 Å². The summed E-state index contributed by atoms with van der Waals surface area (Å²) in [7, 11) is -0.0817. The summed E-state index contributed by atoms with van der Waals surface area (Å²) in [6.45, 7) is 2.55. The fraction of sp³-hybridized carbons (Fsp3) is 0.476. The second kappa shape index (κ2) is 10.1. The Morgan fingerprint density at radius 1 is 1.22 bits per heavy atom. The van der Waals surface area contributed by atoms with E-state index in [2.05, 4.69) is 10.3 Å². The fourth-order valence-corrected chi connectivity index (χ4v) is 4.76. The lowest BCUT2D eigenvalue weighted by Gasteiger charge is -2.29. The highest BCUT2D eigenvalue weighted by molar-refractivity contribution is 7.89. The molecule has 2 aromatic rings. The molecule has 1 N–H and O–H groups in total. The Morgan fingerprint density at radius 3 is 2.53 bits per heavy atom. The quantitative estimate of drug-likeness (QED) is 0.585. The minimum Gasteiger partial charge on any atom is -0.460 e. The SMILES string of the molecule is CCOC(=O)c1ccc(S(=O)(=O)N2CCC(C(=O)NCc3ccc(N(C)C)nc3)CC2)o1. The number of rotatable bonds is 8. The van der Waals surface area contributed by atoms with Crippen molar-refractivity contribution in [2.45, 2.75) is 31.4 Å². The molecule has 0 radical (unpaired) electrons. The van der Waals surface area contributed by atoms with Gasteiger partial charge in [0.2, 0.25) is 16.8 Å². The van der Waals surface area contributed by atoms with Crippen molar-refractivity contribution in [1.29, 1.82) is 0 Å². The minimum absolute atomic E-state index is 0.110. The van der Waals surface area contributed by atoms with Gasteiger partial charge in [-0.05, 0) is 43.5 Å². The molecule has 1 fully saturated rings. The zero-order valence-corrected chi connectivity index (χ0v) is 19.2. The number of anilines is 1. The first kappa shape index (κ1) is 23.7. The molecule has 174 valence electrons. The topological polar surface area (TPSA) is 122 Å². The molecule has 10 nitrogen and oxygen atoms in total. The lowest BCUT2D eigenvalue weighted by molar-refractivity contribution is -0.126. The van der Waals surface area contributed by atoms with Crippen LogP contribution in [0.15, 0.2) is 40.0 Å². The maximum atomic E-state index is 12.8. The van der Waals surface area contributed by atoms with E-state index >= 15 is 0 Å². The number of hydrogen-bond acceptors (Lipinski definition) is 8. The van der Waals surface area contributed by atoms with Gasteiger partial charge in [-0.25, -0.2) is 18.2 Å². The van der Waals surface area contributed by atoms with Gasteiger partial charge in [0.05, 0.1) is 6.61 Å². The summed E-state index contributed by atoms with van der Waals surface area (Å²) < 4.78 is 36.9. The van der Waals surface area contributed by atoms with Crippen molar-refractivity contribution in [3.05, 3.63) is 41.8 Å². The molecule has 0 unspecified atom stereocenters. The largest absolute Gasteiger partial charge is 0.460 e. The Kier molecular flexibility index (Phi) is 7.52. The normalized spacial score (nSPS) is 15.3. The van der Waals surface area contributed by atoms with Crippen molar-refractivity contribution < 1.29 is 27.2 Å². The first-order valence-electron chi connectivity index (χ1n) is 10.4. The highest BCUT2D eigenvalue weighted by atomic mass is 32.2. The number of piperidine rings is 1. The van der Waals surface area contributed by atoms with Crippen LogP contribution in [0, 0.1) is 5.92 Å². The second-order valence-electron chi connectivity index (χ2n) is 7.65. The Morgan fingerprint density at radius 2 is 1.94 bits per heavy atom. The number of hydrogen-bond donors (Lipinski definition) is 1. The predicted octanol–water partition coefficient (Wildman–Crippen LogP) is 1.63. The van der Waals surface area contributed by atoms with Gasteiger partial charge in [-0.1, -0.05) is 6.07 Å². The molecule has 2 aromatic heterocycles. The predicted molar refractivity (Wildman–Crippen MR) is 117 cm³/mol. The van der Waals surface area contributed by atoms with E-state index in [1.165, 1.54) is 16.4 Å². The van der Waals surface area contributed by atoms with Crippen LogP contribution >= 0.6 is 0 Å². The molecule has 3 heterocycles. The standard InChI is InChI=1S/C21H28N4O6S/c1-4-30-21(27)17-6-8-19(31-17)32(28,29)25-11-9-16(10-12-25)20(26)23-14-15-5-7-18(22-13-15)24(2)3/h5-8,13,16H,4,9-12,14H2,1-3H3,(H,23,26). The Bertz CT molecular complexity index is 1040. The van der Waals surface area contributed by atoms with Gasteiger partial charge in [0, 0.05) is 45.8 Å². The van der Waals surface area contributed by atoms with E-state index < -0.39 is 16.0 Å². The van der Waals surface area contributed by atoms with Crippen LogP contribution in [0.3, 0.4) is 0 Å². The minimum atomic E-state index is -3.89. The molecule has 1 amide bonds. The summed E-state index contributed by atoms with van der Waals surface area (Å²) in [5.74, 6) is -0.424. The zero-order valence-electron chi connectivity index (χ0n) is 18.4. The average Bonchev–Trinajstić information content (AvgIpc) is 3.29. The van der Waals surface area contributed by atoms with Gasteiger partial charge in [-0.15, -0.1) is 0 Å². The molecule has 0 spiro atoms. The van der Waals surface area contributed by atoms with E-state index in [4.69, 9.17) is 9.15 Å². The van der Waals surface area contributed by atoms with Gasteiger partial charge in [-0.3, -0.25) is 4.79 Å². The van der Waals surface area contributed by atoms with Gasteiger partial charge >= 0.3 is 5.97 Å². The number of aromatic nitrogens is 1. The first-order chi connectivity index (χ1) is 15.2. The number of nitrogens with one attached hydrogen (secondary N) is 1. The third-order valence-electron chi connectivity index (χ3n) is 5.21. The Labute approximate surface area is 187 Å². The summed E-state index contributed by atoms with van der Waals surface area (Å²) in [5, 5.41) is 2.59. The number of amides is 1. The molecule has 1 aliphatic rings. The van der Waals surface area contributed by atoms with Crippen molar-refractivity contribution in [3.8, 4) is 0 Å². The number of ether oxygens (including phenoxy) is 1. The number of sulfonamides is 1. The molecule has 1 aliphatic heterocycles. The molecule has 3 rings (SSSR count). The summed E-state index contributed by atoms with van der Waals surface area (Å²) >= 11 is 0. The van der Waals surface area contributed by atoms with E-state index in [1.54, 1.807) is 13.1 Å². The van der Waals surface area contributed by atoms with Crippen LogP contribution in [0.1, 0.15) is 35.9 Å². The molecular formula is C21H28N4O6S. The number of nitrogens with zero attached hydrogens (tertiary/aromatic N) is 3. The number of furan rings is 1.